The fraction of sp³-hybridized carbons (Fsp3) is 0.211. The minimum absolute atomic E-state index is 0. The van der Waals surface area contributed by atoms with Gasteiger partial charge in [0.15, 0.2) is 0 Å². The van der Waals surface area contributed by atoms with E-state index in [1.165, 1.54) is 16.7 Å². The molecule has 0 aliphatic heterocycles. The van der Waals surface area contributed by atoms with Crippen molar-refractivity contribution in [3.05, 3.63) is 58.4 Å². The number of hydrogen-bond acceptors (Lipinski definition) is 4. The van der Waals surface area contributed by atoms with Crippen molar-refractivity contribution >= 4 is 21.6 Å². The molecule has 1 radical (unpaired) electrons. The molecule has 0 aliphatic rings. The molecule has 2 heterocycles. The Labute approximate surface area is 164 Å². The Morgan fingerprint density at radius 1 is 1.08 bits per heavy atom. The van der Waals surface area contributed by atoms with Gasteiger partial charge in [-0.25, -0.2) is 0 Å². The summed E-state index contributed by atoms with van der Waals surface area (Å²) < 4.78 is 3.02. The molecule has 6 heteroatoms. The van der Waals surface area contributed by atoms with Gasteiger partial charge in [-0.15, -0.1) is 18.2 Å². The largest absolute Gasteiger partial charge is 0.264 e. The molecular formula is C19H17IrN4S-. The number of fused-ring (bicyclic) bond motifs is 1. The van der Waals surface area contributed by atoms with E-state index in [0.717, 1.165) is 32.3 Å². The number of thiazole rings is 1. The third-order valence-corrected chi connectivity index (χ3v) is 5.08. The van der Waals surface area contributed by atoms with Gasteiger partial charge in [0, 0.05) is 20.1 Å². The van der Waals surface area contributed by atoms with E-state index >= 15 is 0 Å². The van der Waals surface area contributed by atoms with E-state index in [-0.39, 0.29) is 20.1 Å². The monoisotopic (exact) mass is 526 g/mol. The van der Waals surface area contributed by atoms with Gasteiger partial charge < -0.3 is 0 Å². The van der Waals surface area contributed by atoms with Gasteiger partial charge in [0.2, 0.25) is 0 Å². The van der Waals surface area contributed by atoms with E-state index in [4.69, 9.17) is 0 Å². The predicted octanol–water partition coefficient (Wildman–Crippen LogP) is 4.58. The molecule has 2 aromatic carbocycles. The molecule has 0 saturated heterocycles. The Balaban J connectivity index is 0.00000182. The van der Waals surface area contributed by atoms with Crippen molar-refractivity contribution in [3.8, 4) is 17.1 Å². The predicted molar refractivity (Wildman–Crippen MR) is 97.8 cm³/mol. The van der Waals surface area contributed by atoms with Crippen LogP contribution in [0.3, 0.4) is 0 Å². The van der Waals surface area contributed by atoms with Gasteiger partial charge in [0.25, 0.3) is 0 Å². The molecule has 0 fully saturated rings. The summed E-state index contributed by atoms with van der Waals surface area (Å²) >= 11 is 1.67. The van der Waals surface area contributed by atoms with Crippen molar-refractivity contribution in [1.82, 2.24) is 19.7 Å². The van der Waals surface area contributed by atoms with Crippen LogP contribution < -0.4 is 0 Å². The van der Waals surface area contributed by atoms with Gasteiger partial charge in [0.1, 0.15) is 6.33 Å². The topological polar surface area (TPSA) is 43.6 Å². The van der Waals surface area contributed by atoms with E-state index in [2.05, 4.69) is 54.0 Å². The summed E-state index contributed by atoms with van der Waals surface area (Å²) in [6.45, 7) is 8.36. The summed E-state index contributed by atoms with van der Waals surface area (Å²) in [6, 6.07) is 11.6. The maximum atomic E-state index is 4.57. The van der Waals surface area contributed by atoms with Gasteiger partial charge in [-0.2, -0.15) is 16.4 Å². The second-order valence-electron chi connectivity index (χ2n) is 6.04. The summed E-state index contributed by atoms with van der Waals surface area (Å²) in [4.78, 5) is 9.10. The summed E-state index contributed by atoms with van der Waals surface area (Å²) in [5.74, 6) is 0.805. The zero-order valence-electron chi connectivity index (χ0n) is 14.4. The molecule has 0 atom stereocenters. The summed E-state index contributed by atoms with van der Waals surface area (Å²) in [5.41, 5.74) is 6.65. The fourth-order valence-electron chi connectivity index (χ4n) is 3.25. The van der Waals surface area contributed by atoms with Crippen molar-refractivity contribution in [2.24, 2.45) is 0 Å². The summed E-state index contributed by atoms with van der Waals surface area (Å²) in [7, 11) is 0. The van der Waals surface area contributed by atoms with Crippen LogP contribution in [-0.2, 0) is 20.1 Å². The molecule has 25 heavy (non-hydrogen) atoms. The third kappa shape index (κ3) is 3.06. The second kappa shape index (κ2) is 6.79. The second-order valence-corrected chi connectivity index (χ2v) is 7.25. The van der Waals surface area contributed by atoms with Gasteiger partial charge in [0.05, 0.1) is 16.5 Å². The van der Waals surface area contributed by atoms with E-state index in [9.17, 15) is 0 Å². The minimum atomic E-state index is 0. The quantitative estimate of drug-likeness (QED) is 0.360. The Morgan fingerprint density at radius 3 is 2.52 bits per heavy atom. The van der Waals surface area contributed by atoms with Crippen molar-refractivity contribution in [2.45, 2.75) is 27.7 Å². The van der Waals surface area contributed by atoms with Gasteiger partial charge in [-0.05, 0) is 49.0 Å². The van der Waals surface area contributed by atoms with Crippen LogP contribution in [0.1, 0.15) is 21.7 Å². The van der Waals surface area contributed by atoms with E-state index < -0.39 is 0 Å². The third-order valence-electron chi connectivity index (χ3n) is 4.07. The fourth-order valence-corrected chi connectivity index (χ4v) is 4.16. The molecule has 0 aliphatic carbocycles. The smallest absolute Gasteiger partial charge is 0.127 e. The van der Waals surface area contributed by atoms with E-state index in [1.54, 1.807) is 17.7 Å². The first-order valence-corrected chi connectivity index (χ1v) is 8.62. The number of benzene rings is 2. The zero-order valence-corrected chi connectivity index (χ0v) is 17.6. The van der Waals surface area contributed by atoms with E-state index in [0.29, 0.717) is 0 Å². The standard InChI is InChI=1S/C19H17N4S.Ir/c1-11-8-12(2)17(13(3)9-11)23-19(20-10-21-23)15-6-5-7-16-18(15)24-14(4)22-16;/h5,7-10H,1-4H3;/q-1;. The first-order chi connectivity index (χ1) is 11.5. The Hall–Kier alpha value is -1.88. The molecule has 129 valence electrons. The Morgan fingerprint density at radius 2 is 1.80 bits per heavy atom. The Kier molecular flexibility index (Phi) is 4.87. The van der Waals surface area contributed by atoms with E-state index in [1.807, 2.05) is 23.7 Å². The maximum Gasteiger partial charge on any atom is 0.127 e. The number of nitrogens with zero attached hydrogens (tertiary/aromatic N) is 4. The average molecular weight is 526 g/mol. The van der Waals surface area contributed by atoms with Gasteiger partial charge in [-0.1, -0.05) is 23.3 Å². The van der Waals surface area contributed by atoms with Crippen LogP contribution in [0.2, 0.25) is 0 Å². The first kappa shape index (κ1) is 17.9. The van der Waals surface area contributed by atoms with Crippen LogP contribution in [0.4, 0.5) is 0 Å². The minimum Gasteiger partial charge on any atom is -0.264 e. The molecule has 2 aromatic heterocycles. The van der Waals surface area contributed by atoms with Crippen LogP contribution in [0.25, 0.3) is 27.3 Å². The van der Waals surface area contributed by atoms with Crippen molar-refractivity contribution in [1.29, 1.82) is 0 Å². The van der Waals surface area contributed by atoms with Crippen LogP contribution in [-0.4, -0.2) is 19.7 Å². The molecular weight excluding hydrogens is 509 g/mol. The molecule has 0 unspecified atom stereocenters. The molecule has 0 amide bonds. The average Bonchev–Trinajstić information content (AvgIpc) is 3.11. The van der Waals surface area contributed by atoms with Crippen molar-refractivity contribution in [2.75, 3.05) is 0 Å². The molecule has 4 rings (SSSR count). The number of rotatable bonds is 2. The van der Waals surface area contributed by atoms with Crippen LogP contribution in [0.15, 0.2) is 30.6 Å². The molecule has 0 saturated carbocycles. The van der Waals surface area contributed by atoms with Gasteiger partial charge in [-0.3, -0.25) is 14.6 Å². The molecule has 0 N–H and O–H groups in total. The SMILES string of the molecule is Cc1cc(C)c(-n2ncnc2-c2[c-]ccc3nc(C)sc23)c(C)c1.[Ir]. The Bertz CT molecular complexity index is 1040. The molecule has 4 aromatic rings. The van der Waals surface area contributed by atoms with Crippen LogP contribution in [0.5, 0.6) is 0 Å². The molecule has 0 bridgehead atoms. The number of aryl methyl sites for hydroxylation is 4. The normalized spacial score (nSPS) is 10.9. The summed E-state index contributed by atoms with van der Waals surface area (Å²) in [5, 5.41) is 5.54. The number of aromatic nitrogens is 4. The number of hydrogen-bond donors (Lipinski definition) is 0. The van der Waals surface area contributed by atoms with Crippen LogP contribution >= 0.6 is 11.3 Å². The van der Waals surface area contributed by atoms with Crippen molar-refractivity contribution < 1.29 is 20.1 Å². The maximum absolute atomic E-state index is 4.57. The van der Waals surface area contributed by atoms with Crippen molar-refractivity contribution in [3.63, 3.8) is 0 Å². The summed E-state index contributed by atoms with van der Waals surface area (Å²) in [6.07, 6.45) is 1.61. The first-order valence-electron chi connectivity index (χ1n) is 7.81. The molecule has 0 spiro atoms. The molecule has 4 nitrogen and oxygen atoms in total. The van der Waals surface area contributed by atoms with Gasteiger partial charge >= 0.3 is 0 Å². The zero-order chi connectivity index (χ0) is 16.8. The van der Waals surface area contributed by atoms with Crippen LogP contribution in [0, 0.1) is 33.8 Å².